The highest BCUT2D eigenvalue weighted by molar-refractivity contribution is 7.88. The minimum absolute atomic E-state index is 0.00715. The average molecular weight is 510 g/mol. The summed E-state index contributed by atoms with van der Waals surface area (Å²) >= 11 is 6.00. The number of piperazine rings is 1. The van der Waals surface area contributed by atoms with Crippen molar-refractivity contribution in [1.82, 2.24) is 14.5 Å². The number of hydrogen-bond donors (Lipinski definition) is 2. The standard InChI is InChI=1S/C22H24ClN3O7S/c1-34(31,32)26-12-10-25(11-13-26)22(30)33-16-8-6-15(7-9-16)14-19(21(28)29)24-20(27)17-4-2-3-5-18(17)23/h2-9,19H,10-14H2,1H3,(H,24,27)(H,28,29)/t19-/m0/s1. The fourth-order valence-corrected chi connectivity index (χ4v) is 4.43. The predicted molar refractivity (Wildman–Crippen MR) is 125 cm³/mol. The van der Waals surface area contributed by atoms with E-state index in [1.807, 2.05) is 0 Å². The van der Waals surface area contributed by atoms with Crippen molar-refractivity contribution in [2.24, 2.45) is 0 Å². The number of nitrogens with one attached hydrogen (secondary N) is 1. The van der Waals surface area contributed by atoms with Gasteiger partial charge in [0.25, 0.3) is 5.91 Å². The summed E-state index contributed by atoms with van der Waals surface area (Å²) in [4.78, 5) is 37.9. The third-order valence-electron chi connectivity index (χ3n) is 5.26. The van der Waals surface area contributed by atoms with Crippen LogP contribution in [0.5, 0.6) is 5.75 Å². The molecular formula is C22H24ClN3O7S. The summed E-state index contributed by atoms with van der Waals surface area (Å²) in [5.41, 5.74) is 0.781. The fourth-order valence-electron chi connectivity index (χ4n) is 3.38. The molecule has 0 aromatic heterocycles. The van der Waals surface area contributed by atoms with Crippen molar-refractivity contribution in [3.63, 3.8) is 0 Å². The molecule has 0 saturated carbocycles. The van der Waals surface area contributed by atoms with Gasteiger partial charge in [0.1, 0.15) is 11.8 Å². The van der Waals surface area contributed by atoms with Gasteiger partial charge in [0, 0.05) is 32.6 Å². The molecule has 0 bridgehead atoms. The van der Waals surface area contributed by atoms with E-state index in [1.54, 1.807) is 24.3 Å². The van der Waals surface area contributed by atoms with Crippen molar-refractivity contribution in [1.29, 1.82) is 0 Å². The monoisotopic (exact) mass is 509 g/mol. The fraction of sp³-hybridized carbons (Fsp3) is 0.318. The lowest BCUT2D eigenvalue weighted by Gasteiger charge is -2.32. The molecule has 34 heavy (non-hydrogen) atoms. The van der Waals surface area contributed by atoms with Crippen LogP contribution < -0.4 is 10.1 Å². The van der Waals surface area contributed by atoms with Gasteiger partial charge in [-0.15, -0.1) is 0 Å². The molecule has 2 aromatic carbocycles. The van der Waals surface area contributed by atoms with Crippen molar-refractivity contribution in [2.45, 2.75) is 12.5 Å². The number of halogens is 1. The Morgan fingerprint density at radius 1 is 1.06 bits per heavy atom. The summed E-state index contributed by atoms with van der Waals surface area (Å²) in [6, 6.07) is 11.4. The summed E-state index contributed by atoms with van der Waals surface area (Å²) in [5.74, 6) is -1.55. The van der Waals surface area contributed by atoms with Gasteiger partial charge in [-0.25, -0.2) is 18.0 Å². The summed E-state index contributed by atoms with van der Waals surface area (Å²) in [5, 5.41) is 12.2. The minimum atomic E-state index is -3.30. The summed E-state index contributed by atoms with van der Waals surface area (Å²) in [7, 11) is -3.30. The van der Waals surface area contributed by atoms with Gasteiger partial charge in [0.2, 0.25) is 10.0 Å². The highest BCUT2D eigenvalue weighted by Gasteiger charge is 2.27. The molecule has 1 aliphatic heterocycles. The maximum atomic E-state index is 12.4. The lowest BCUT2D eigenvalue weighted by molar-refractivity contribution is -0.139. The zero-order valence-corrected chi connectivity index (χ0v) is 19.9. The normalized spacial score (nSPS) is 15.4. The molecular weight excluding hydrogens is 486 g/mol. The van der Waals surface area contributed by atoms with Gasteiger partial charge in [-0.3, -0.25) is 4.79 Å². The quantitative estimate of drug-likeness (QED) is 0.581. The Hall–Kier alpha value is -3.15. The van der Waals surface area contributed by atoms with E-state index in [4.69, 9.17) is 16.3 Å². The van der Waals surface area contributed by atoms with E-state index in [0.29, 0.717) is 5.56 Å². The molecule has 12 heteroatoms. The number of aliphatic carboxylic acids is 1. The molecule has 0 radical (unpaired) electrons. The Bertz CT molecular complexity index is 1160. The molecule has 2 amide bonds. The molecule has 2 N–H and O–H groups in total. The topological polar surface area (TPSA) is 133 Å². The Morgan fingerprint density at radius 3 is 2.24 bits per heavy atom. The number of rotatable bonds is 7. The molecule has 3 rings (SSSR count). The molecule has 1 heterocycles. The van der Waals surface area contributed by atoms with Crippen LogP contribution in [0.2, 0.25) is 5.02 Å². The van der Waals surface area contributed by atoms with Crippen molar-refractivity contribution >= 4 is 39.6 Å². The number of carboxylic acid groups (broad SMARTS) is 1. The smallest absolute Gasteiger partial charge is 0.415 e. The Kier molecular flexibility index (Phi) is 8.13. The lowest BCUT2D eigenvalue weighted by atomic mass is 10.1. The van der Waals surface area contributed by atoms with Crippen LogP contribution in [0.1, 0.15) is 15.9 Å². The summed E-state index contributed by atoms with van der Waals surface area (Å²) in [6.07, 6.45) is 0.531. The Balaban J connectivity index is 1.57. The van der Waals surface area contributed by atoms with Crippen LogP contribution in [0.4, 0.5) is 4.79 Å². The van der Waals surface area contributed by atoms with Gasteiger partial charge in [-0.05, 0) is 29.8 Å². The van der Waals surface area contributed by atoms with E-state index in [-0.39, 0.29) is 48.9 Å². The van der Waals surface area contributed by atoms with Crippen molar-refractivity contribution in [3.05, 3.63) is 64.7 Å². The van der Waals surface area contributed by atoms with Gasteiger partial charge in [0.15, 0.2) is 0 Å². The minimum Gasteiger partial charge on any atom is -0.480 e. The number of sulfonamides is 1. The summed E-state index contributed by atoms with van der Waals surface area (Å²) in [6.45, 7) is 0.831. The third-order valence-corrected chi connectivity index (χ3v) is 6.89. The van der Waals surface area contributed by atoms with E-state index in [0.717, 1.165) is 6.26 Å². The van der Waals surface area contributed by atoms with Crippen molar-refractivity contribution in [3.8, 4) is 5.75 Å². The number of carboxylic acids is 1. The first-order chi connectivity index (χ1) is 16.0. The van der Waals surface area contributed by atoms with E-state index < -0.39 is 34.0 Å². The van der Waals surface area contributed by atoms with Gasteiger partial charge < -0.3 is 20.1 Å². The number of ether oxygens (including phenoxy) is 1. The maximum Gasteiger partial charge on any atom is 0.415 e. The summed E-state index contributed by atoms with van der Waals surface area (Å²) < 4.78 is 29.8. The van der Waals surface area contributed by atoms with Crippen LogP contribution >= 0.6 is 11.6 Å². The highest BCUT2D eigenvalue weighted by Crippen LogP contribution is 2.18. The van der Waals surface area contributed by atoms with Gasteiger partial charge in [-0.2, -0.15) is 4.31 Å². The van der Waals surface area contributed by atoms with Crippen molar-refractivity contribution in [2.75, 3.05) is 32.4 Å². The van der Waals surface area contributed by atoms with E-state index in [1.165, 1.54) is 33.5 Å². The molecule has 10 nitrogen and oxygen atoms in total. The molecule has 1 aliphatic rings. The number of carbonyl (C=O) groups is 3. The zero-order valence-electron chi connectivity index (χ0n) is 18.3. The van der Waals surface area contributed by atoms with Crippen LogP contribution in [-0.4, -0.2) is 79.2 Å². The zero-order chi connectivity index (χ0) is 24.9. The molecule has 2 aromatic rings. The Labute approximate surface area is 202 Å². The van der Waals surface area contributed by atoms with Crippen LogP contribution in [0.3, 0.4) is 0 Å². The number of carbonyl (C=O) groups excluding carboxylic acids is 2. The maximum absolute atomic E-state index is 12.4. The first-order valence-electron chi connectivity index (χ1n) is 10.3. The number of benzene rings is 2. The van der Waals surface area contributed by atoms with Gasteiger partial charge in [-0.1, -0.05) is 35.9 Å². The lowest BCUT2D eigenvalue weighted by Crippen LogP contribution is -2.51. The van der Waals surface area contributed by atoms with Crippen molar-refractivity contribution < 1.29 is 32.6 Å². The second-order valence-corrected chi connectivity index (χ2v) is 10.1. The molecule has 0 aliphatic carbocycles. The first-order valence-corrected chi connectivity index (χ1v) is 12.6. The predicted octanol–water partition coefficient (Wildman–Crippen LogP) is 1.84. The molecule has 1 fully saturated rings. The second kappa shape index (κ2) is 10.9. The number of hydrogen-bond acceptors (Lipinski definition) is 6. The number of nitrogens with zero attached hydrogens (tertiary/aromatic N) is 2. The van der Waals surface area contributed by atoms with Crippen LogP contribution in [0.25, 0.3) is 0 Å². The second-order valence-electron chi connectivity index (χ2n) is 7.71. The molecule has 1 saturated heterocycles. The average Bonchev–Trinajstić information content (AvgIpc) is 2.79. The Morgan fingerprint density at radius 2 is 1.68 bits per heavy atom. The molecule has 0 spiro atoms. The van der Waals surface area contributed by atoms with Crippen LogP contribution in [0, 0.1) is 0 Å². The van der Waals surface area contributed by atoms with Crippen LogP contribution in [-0.2, 0) is 21.2 Å². The SMILES string of the molecule is CS(=O)(=O)N1CCN(C(=O)Oc2ccc(C[C@H](NC(=O)c3ccccc3Cl)C(=O)O)cc2)CC1. The molecule has 1 atom stereocenters. The van der Waals surface area contributed by atoms with Gasteiger partial charge in [0.05, 0.1) is 16.8 Å². The molecule has 0 unspecified atom stereocenters. The van der Waals surface area contributed by atoms with E-state index in [9.17, 15) is 27.9 Å². The van der Waals surface area contributed by atoms with Crippen LogP contribution in [0.15, 0.2) is 48.5 Å². The van der Waals surface area contributed by atoms with E-state index >= 15 is 0 Å². The highest BCUT2D eigenvalue weighted by atomic mass is 35.5. The van der Waals surface area contributed by atoms with Gasteiger partial charge >= 0.3 is 12.1 Å². The third kappa shape index (κ3) is 6.69. The first kappa shape index (κ1) is 25.5. The number of amides is 2. The molecule has 182 valence electrons. The van der Waals surface area contributed by atoms with E-state index in [2.05, 4.69) is 5.32 Å². The largest absolute Gasteiger partial charge is 0.480 e.